The summed E-state index contributed by atoms with van der Waals surface area (Å²) < 4.78 is 16.7. The number of ketones is 1. The van der Waals surface area contributed by atoms with Crippen LogP contribution in [0.3, 0.4) is 0 Å². The number of carbonyl (C=O) groups is 1. The number of hydrogen-bond acceptors (Lipinski definition) is 4. The van der Waals surface area contributed by atoms with Crippen molar-refractivity contribution < 1.29 is 18.7 Å². The fourth-order valence-electron chi connectivity index (χ4n) is 3.36. The molecule has 1 aliphatic rings. The Hall–Kier alpha value is -3.27. The van der Waals surface area contributed by atoms with Gasteiger partial charge < -0.3 is 13.9 Å². The molecule has 1 aromatic heterocycles. The number of hydrogen-bond donors (Lipinski definition) is 0. The van der Waals surface area contributed by atoms with Gasteiger partial charge in [-0.3, -0.25) is 4.79 Å². The van der Waals surface area contributed by atoms with Gasteiger partial charge in [-0.15, -0.1) is 0 Å². The Morgan fingerprint density at radius 1 is 1.00 bits per heavy atom. The zero-order valence-electron chi connectivity index (χ0n) is 15.8. The van der Waals surface area contributed by atoms with Gasteiger partial charge in [0.1, 0.15) is 29.6 Å². The number of aryl methyl sites for hydroxylation is 2. The van der Waals surface area contributed by atoms with Crippen LogP contribution in [0.5, 0.6) is 11.5 Å². The average Bonchev–Trinajstić information content (AvgIpc) is 3.39. The van der Waals surface area contributed by atoms with Gasteiger partial charge >= 0.3 is 0 Å². The monoisotopic (exact) mass is 374 g/mol. The maximum Gasteiger partial charge on any atom is 0.185 e. The fraction of sp³-hybridized carbons (Fsp3) is 0.208. The lowest BCUT2D eigenvalue weighted by atomic mass is 10.1. The zero-order valence-corrected chi connectivity index (χ0v) is 15.8. The highest BCUT2D eigenvalue weighted by Gasteiger charge is 2.11. The normalized spacial score (nSPS) is 12.9. The second-order valence-corrected chi connectivity index (χ2v) is 6.80. The van der Waals surface area contributed by atoms with E-state index < -0.39 is 0 Å². The van der Waals surface area contributed by atoms with Crippen molar-refractivity contribution in [3.8, 4) is 11.5 Å². The summed E-state index contributed by atoms with van der Waals surface area (Å²) in [7, 11) is 1.60. The number of furan rings is 1. The molecule has 0 N–H and O–H groups in total. The molecule has 3 aromatic rings. The van der Waals surface area contributed by atoms with Crippen LogP contribution in [0.2, 0.25) is 0 Å². The van der Waals surface area contributed by atoms with Crippen LogP contribution in [0.1, 0.15) is 39.4 Å². The highest BCUT2D eigenvalue weighted by atomic mass is 16.5. The summed E-state index contributed by atoms with van der Waals surface area (Å²) in [6, 6.07) is 17.0. The van der Waals surface area contributed by atoms with E-state index in [1.807, 2.05) is 18.2 Å². The zero-order chi connectivity index (χ0) is 19.3. The van der Waals surface area contributed by atoms with Crippen molar-refractivity contribution in [1.82, 2.24) is 0 Å². The summed E-state index contributed by atoms with van der Waals surface area (Å²) in [6.45, 7) is 0.360. The fourth-order valence-corrected chi connectivity index (χ4v) is 3.36. The molecule has 0 radical (unpaired) electrons. The SMILES string of the molecule is COc1ccc(C(=O)/C=C/c2ccc(COc3ccc4c(c3)CCC4)o2)cc1. The average molecular weight is 374 g/mol. The summed E-state index contributed by atoms with van der Waals surface area (Å²) in [5, 5.41) is 0. The van der Waals surface area contributed by atoms with Gasteiger partial charge in [0.15, 0.2) is 5.78 Å². The Bertz CT molecular complexity index is 996. The first-order valence-corrected chi connectivity index (χ1v) is 9.41. The summed E-state index contributed by atoms with van der Waals surface area (Å²) in [4.78, 5) is 12.2. The van der Waals surface area contributed by atoms with E-state index in [9.17, 15) is 4.79 Å². The summed E-state index contributed by atoms with van der Waals surface area (Å²) in [6.07, 6.45) is 6.70. The molecule has 1 heterocycles. The van der Waals surface area contributed by atoms with Crippen molar-refractivity contribution in [3.63, 3.8) is 0 Å². The van der Waals surface area contributed by atoms with Crippen molar-refractivity contribution in [2.75, 3.05) is 7.11 Å². The molecular weight excluding hydrogens is 352 g/mol. The van der Waals surface area contributed by atoms with Gasteiger partial charge in [0.25, 0.3) is 0 Å². The van der Waals surface area contributed by atoms with Gasteiger partial charge in [0, 0.05) is 5.56 Å². The quantitative estimate of drug-likeness (QED) is 0.418. The van der Waals surface area contributed by atoms with E-state index in [4.69, 9.17) is 13.9 Å². The lowest BCUT2D eigenvalue weighted by Crippen LogP contribution is -1.95. The van der Waals surface area contributed by atoms with E-state index in [-0.39, 0.29) is 5.78 Å². The third-order valence-corrected chi connectivity index (χ3v) is 4.91. The molecule has 0 bridgehead atoms. The van der Waals surface area contributed by atoms with Crippen LogP contribution in [-0.2, 0) is 19.4 Å². The van der Waals surface area contributed by atoms with Crippen molar-refractivity contribution in [2.24, 2.45) is 0 Å². The molecule has 28 heavy (non-hydrogen) atoms. The van der Waals surface area contributed by atoms with Crippen molar-refractivity contribution in [1.29, 1.82) is 0 Å². The summed E-state index contributed by atoms with van der Waals surface area (Å²) in [5.41, 5.74) is 3.42. The number of fused-ring (bicyclic) bond motifs is 1. The number of rotatable bonds is 7. The van der Waals surface area contributed by atoms with Crippen molar-refractivity contribution in [3.05, 3.63) is 88.9 Å². The van der Waals surface area contributed by atoms with Gasteiger partial charge in [-0.1, -0.05) is 6.07 Å². The molecule has 4 nitrogen and oxygen atoms in total. The molecule has 0 atom stereocenters. The van der Waals surface area contributed by atoms with Crippen LogP contribution >= 0.6 is 0 Å². The van der Waals surface area contributed by atoms with Crippen LogP contribution < -0.4 is 9.47 Å². The summed E-state index contributed by atoms with van der Waals surface area (Å²) >= 11 is 0. The molecule has 0 saturated carbocycles. The number of methoxy groups -OCH3 is 1. The lowest BCUT2D eigenvalue weighted by Gasteiger charge is -2.06. The minimum absolute atomic E-state index is 0.0880. The number of carbonyl (C=O) groups excluding carboxylic acids is 1. The Labute approximate surface area is 164 Å². The predicted molar refractivity (Wildman–Crippen MR) is 108 cm³/mol. The van der Waals surface area contributed by atoms with Crippen molar-refractivity contribution >= 4 is 11.9 Å². The Kier molecular flexibility index (Phi) is 5.29. The highest BCUT2D eigenvalue weighted by molar-refractivity contribution is 6.06. The molecular formula is C24H22O4. The van der Waals surface area contributed by atoms with Gasteiger partial charge in [-0.25, -0.2) is 0 Å². The molecule has 0 aliphatic heterocycles. The molecule has 1 aliphatic carbocycles. The van der Waals surface area contributed by atoms with Crippen LogP contribution in [0.4, 0.5) is 0 Å². The van der Waals surface area contributed by atoms with E-state index in [2.05, 4.69) is 12.1 Å². The summed E-state index contributed by atoms with van der Waals surface area (Å²) in [5.74, 6) is 2.84. The largest absolute Gasteiger partial charge is 0.497 e. The third kappa shape index (κ3) is 4.17. The molecule has 0 saturated heterocycles. The second-order valence-electron chi connectivity index (χ2n) is 6.80. The third-order valence-electron chi connectivity index (χ3n) is 4.91. The van der Waals surface area contributed by atoms with Gasteiger partial charge in [-0.2, -0.15) is 0 Å². The molecule has 0 fully saturated rings. The molecule has 0 unspecified atom stereocenters. The number of allylic oxidation sites excluding steroid dienone is 1. The number of benzene rings is 2. The first-order chi connectivity index (χ1) is 13.7. The first-order valence-electron chi connectivity index (χ1n) is 9.41. The smallest absolute Gasteiger partial charge is 0.185 e. The predicted octanol–water partition coefficient (Wildman–Crippen LogP) is 5.25. The first kappa shape index (κ1) is 18.1. The minimum atomic E-state index is -0.0880. The van der Waals surface area contributed by atoms with Gasteiger partial charge in [0.2, 0.25) is 0 Å². The van der Waals surface area contributed by atoms with Crippen LogP contribution in [0.25, 0.3) is 6.08 Å². The van der Waals surface area contributed by atoms with E-state index in [1.165, 1.54) is 30.0 Å². The molecule has 0 amide bonds. The molecule has 142 valence electrons. The Morgan fingerprint density at radius 2 is 1.79 bits per heavy atom. The van der Waals surface area contributed by atoms with Crippen LogP contribution in [0.15, 0.2) is 65.1 Å². The lowest BCUT2D eigenvalue weighted by molar-refractivity contribution is 0.104. The highest BCUT2D eigenvalue weighted by Crippen LogP contribution is 2.26. The maximum atomic E-state index is 12.2. The standard InChI is InChI=1S/C24H22O4/c1-26-20-8-6-18(7-9-20)24(25)14-13-21-11-12-23(28-21)16-27-22-10-5-17-3-2-4-19(17)15-22/h5-15H,2-4,16H2,1H3/b14-13+. The molecule has 4 heteroatoms. The second kappa shape index (κ2) is 8.17. The Balaban J connectivity index is 1.34. The van der Waals surface area contributed by atoms with E-state index in [0.717, 1.165) is 23.7 Å². The number of ether oxygens (including phenoxy) is 2. The van der Waals surface area contributed by atoms with Gasteiger partial charge in [-0.05, 0) is 91.1 Å². The molecule has 4 rings (SSSR count). The molecule has 2 aromatic carbocycles. The Morgan fingerprint density at radius 3 is 2.61 bits per heavy atom. The van der Waals surface area contributed by atoms with Crippen molar-refractivity contribution in [2.45, 2.75) is 25.9 Å². The van der Waals surface area contributed by atoms with E-state index in [0.29, 0.717) is 17.9 Å². The van der Waals surface area contributed by atoms with Gasteiger partial charge in [0.05, 0.1) is 7.11 Å². The van der Waals surface area contributed by atoms with Crippen LogP contribution in [-0.4, -0.2) is 12.9 Å². The van der Waals surface area contributed by atoms with E-state index in [1.54, 1.807) is 37.5 Å². The molecule has 0 spiro atoms. The minimum Gasteiger partial charge on any atom is -0.497 e. The van der Waals surface area contributed by atoms with E-state index >= 15 is 0 Å². The van der Waals surface area contributed by atoms with Crippen LogP contribution in [0, 0.1) is 0 Å². The maximum absolute atomic E-state index is 12.2. The topological polar surface area (TPSA) is 48.7 Å².